The number of likely N-dealkylation sites (N-methyl/N-ethyl adjacent to an activating group) is 1. The second kappa shape index (κ2) is 8.28. The van der Waals surface area contributed by atoms with Gasteiger partial charge in [0.05, 0.1) is 5.69 Å². The summed E-state index contributed by atoms with van der Waals surface area (Å²) in [4.78, 5) is 14.0. The molecule has 1 amide bonds. The maximum atomic E-state index is 12.5. The molecule has 8 heteroatoms. The van der Waals surface area contributed by atoms with E-state index in [4.69, 9.17) is 0 Å². The highest BCUT2D eigenvalue weighted by molar-refractivity contribution is 7.90. The van der Waals surface area contributed by atoms with E-state index >= 15 is 0 Å². The normalized spacial score (nSPS) is 11.8. The van der Waals surface area contributed by atoms with Crippen LogP contribution in [-0.4, -0.2) is 71.4 Å². The van der Waals surface area contributed by atoms with Crippen LogP contribution in [0.2, 0.25) is 0 Å². The van der Waals surface area contributed by atoms with Crippen molar-refractivity contribution in [2.45, 2.75) is 6.92 Å². The maximum absolute atomic E-state index is 12.5. The van der Waals surface area contributed by atoms with E-state index in [1.165, 1.54) is 14.1 Å². The smallest absolute Gasteiger partial charge is 0.304 e. The molecule has 0 spiro atoms. The molecule has 7 nitrogen and oxygen atoms in total. The van der Waals surface area contributed by atoms with Gasteiger partial charge in [0.15, 0.2) is 0 Å². The maximum Gasteiger partial charge on any atom is 0.304 e. The Bertz CT molecular complexity index is 612. The minimum atomic E-state index is -3.75. The minimum absolute atomic E-state index is 0.253. The molecule has 0 aromatic heterocycles. The van der Waals surface area contributed by atoms with Gasteiger partial charge < -0.3 is 10.2 Å². The number of carbonyl (C=O) groups is 1. The first-order valence-electron chi connectivity index (χ1n) is 7.33. The second-order valence-electron chi connectivity index (χ2n) is 5.79. The van der Waals surface area contributed by atoms with Crippen LogP contribution in [0.4, 0.5) is 5.69 Å². The molecule has 1 rings (SSSR count). The Morgan fingerprint density at radius 3 is 2.13 bits per heavy atom. The minimum Gasteiger partial charge on any atom is -0.353 e. The van der Waals surface area contributed by atoms with Gasteiger partial charge in [0.2, 0.25) is 5.91 Å². The average molecular weight is 342 g/mol. The van der Waals surface area contributed by atoms with E-state index in [9.17, 15) is 13.2 Å². The molecule has 0 atom stereocenters. The van der Waals surface area contributed by atoms with Gasteiger partial charge in [-0.25, -0.2) is 4.31 Å². The van der Waals surface area contributed by atoms with Gasteiger partial charge in [0, 0.05) is 27.2 Å². The summed E-state index contributed by atoms with van der Waals surface area (Å²) in [6.45, 7) is 2.83. The van der Waals surface area contributed by atoms with Gasteiger partial charge in [-0.1, -0.05) is 17.7 Å². The van der Waals surface area contributed by atoms with E-state index in [1.807, 2.05) is 38.1 Å². The average Bonchev–Trinajstić information content (AvgIpc) is 2.45. The topological polar surface area (TPSA) is 73.0 Å². The van der Waals surface area contributed by atoms with Crippen molar-refractivity contribution in [2.24, 2.45) is 0 Å². The van der Waals surface area contributed by atoms with E-state index in [2.05, 4.69) is 5.32 Å². The summed E-state index contributed by atoms with van der Waals surface area (Å²) in [7, 11) is 2.95. The molecule has 0 unspecified atom stereocenters. The van der Waals surface area contributed by atoms with E-state index in [-0.39, 0.29) is 12.5 Å². The van der Waals surface area contributed by atoms with Crippen LogP contribution in [-0.2, 0) is 15.0 Å². The van der Waals surface area contributed by atoms with E-state index in [1.54, 1.807) is 12.1 Å². The predicted octanol–water partition coefficient (Wildman–Crippen LogP) is 0.286. The molecule has 0 aliphatic rings. The molecule has 0 heterocycles. The lowest BCUT2D eigenvalue weighted by atomic mass is 10.2. The van der Waals surface area contributed by atoms with Crippen LogP contribution >= 0.6 is 0 Å². The molecule has 0 aliphatic carbocycles. The molecule has 0 fully saturated rings. The van der Waals surface area contributed by atoms with Crippen molar-refractivity contribution in [1.82, 2.24) is 14.5 Å². The molecule has 1 aromatic rings. The first-order chi connectivity index (χ1) is 10.6. The Labute approximate surface area is 139 Å². The number of hydrogen-bond donors (Lipinski definition) is 1. The number of hydrogen-bond acceptors (Lipinski definition) is 4. The lowest BCUT2D eigenvalue weighted by Crippen LogP contribution is -2.46. The van der Waals surface area contributed by atoms with Gasteiger partial charge >= 0.3 is 10.2 Å². The fraction of sp³-hybridized carbons (Fsp3) is 0.533. The molecule has 0 aliphatic heterocycles. The van der Waals surface area contributed by atoms with Crippen LogP contribution < -0.4 is 9.62 Å². The molecule has 1 N–H and O–H groups in total. The summed E-state index contributed by atoms with van der Waals surface area (Å²) in [5, 5.41) is 2.73. The Kier molecular flexibility index (Phi) is 6.99. The Balaban J connectivity index is 2.93. The number of anilines is 1. The highest BCUT2D eigenvalue weighted by Crippen LogP contribution is 2.19. The number of carbonyl (C=O) groups excluding carboxylic acids is 1. The van der Waals surface area contributed by atoms with E-state index in [0.29, 0.717) is 18.8 Å². The zero-order valence-electron chi connectivity index (χ0n) is 14.4. The number of nitrogens with one attached hydrogen (secondary N) is 1. The number of benzene rings is 1. The van der Waals surface area contributed by atoms with Crippen molar-refractivity contribution in [2.75, 3.05) is 52.1 Å². The van der Waals surface area contributed by atoms with Gasteiger partial charge in [-0.15, -0.1) is 0 Å². The van der Waals surface area contributed by atoms with Crippen LogP contribution in [0.3, 0.4) is 0 Å². The van der Waals surface area contributed by atoms with Gasteiger partial charge in [0.25, 0.3) is 0 Å². The van der Waals surface area contributed by atoms with Crippen LogP contribution in [0.15, 0.2) is 24.3 Å². The molecule has 23 heavy (non-hydrogen) atoms. The van der Waals surface area contributed by atoms with Crippen molar-refractivity contribution in [3.8, 4) is 0 Å². The van der Waals surface area contributed by atoms with Crippen molar-refractivity contribution in [1.29, 1.82) is 0 Å². The quantitative estimate of drug-likeness (QED) is 0.737. The molecule has 0 bridgehead atoms. The van der Waals surface area contributed by atoms with Crippen LogP contribution in [0.1, 0.15) is 5.56 Å². The lowest BCUT2D eigenvalue weighted by Gasteiger charge is -2.27. The molecule has 0 saturated heterocycles. The summed E-state index contributed by atoms with van der Waals surface area (Å²) in [6.07, 6.45) is 0. The van der Waals surface area contributed by atoms with Crippen molar-refractivity contribution < 1.29 is 13.2 Å². The van der Waals surface area contributed by atoms with Gasteiger partial charge in [0.1, 0.15) is 6.54 Å². The molecule has 0 saturated carbocycles. The fourth-order valence-corrected chi connectivity index (χ4v) is 2.88. The zero-order chi connectivity index (χ0) is 17.6. The molecular formula is C15H26N4O3S. The number of aryl methyl sites for hydroxylation is 1. The molecular weight excluding hydrogens is 316 g/mol. The Morgan fingerprint density at radius 1 is 1.09 bits per heavy atom. The highest BCUT2D eigenvalue weighted by Gasteiger charge is 2.27. The van der Waals surface area contributed by atoms with Gasteiger partial charge in [-0.2, -0.15) is 12.7 Å². The number of amides is 1. The molecule has 0 radical (unpaired) electrons. The Morgan fingerprint density at radius 2 is 1.65 bits per heavy atom. The van der Waals surface area contributed by atoms with Gasteiger partial charge in [-0.05, 0) is 33.2 Å². The summed E-state index contributed by atoms with van der Waals surface area (Å²) in [5.74, 6) is -0.335. The SMILES string of the molecule is Cc1ccc(N(CC(=O)NCCN(C)C)S(=O)(=O)N(C)C)cc1. The van der Waals surface area contributed by atoms with Crippen molar-refractivity contribution in [3.63, 3.8) is 0 Å². The first kappa shape index (κ1) is 19.4. The largest absolute Gasteiger partial charge is 0.353 e. The monoisotopic (exact) mass is 342 g/mol. The predicted molar refractivity (Wildman–Crippen MR) is 92.7 cm³/mol. The number of rotatable bonds is 8. The summed E-state index contributed by atoms with van der Waals surface area (Å²) in [5.41, 5.74) is 1.48. The van der Waals surface area contributed by atoms with Crippen LogP contribution in [0.5, 0.6) is 0 Å². The second-order valence-corrected chi connectivity index (χ2v) is 7.85. The van der Waals surface area contributed by atoms with Crippen LogP contribution in [0, 0.1) is 6.92 Å². The van der Waals surface area contributed by atoms with E-state index < -0.39 is 10.2 Å². The lowest BCUT2D eigenvalue weighted by molar-refractivity contribution is -0.119. The van der Waals surface area contributed by atoms with Crippen molar-refractivity contribution >= 4 is 21.8 Å². The standard InChI is InChI=1S/C15H26N4O3S/c1-13-6-8-14(9-7-13)19(23(21,22)18(4)5)12-15(20)16-10-11-17(2)3/h6-9H,10-12H2,1-5H3,(H,16,20). The van der Waals surface area contributed by atoms with Gasteiger partial charge in [-0.3, -0.25) is 4.79 Å². The summed E-state index contributed by atoms with van der Waals surface area (Å²) in [6, 6.07) is 7.03. The molecule has 1 aromatic carbocycles. The number of nitrogens with zero attached hydrogens (tertiary/aromatic N) is 3. The third kappa shape index (κ3) is 5.81. The highest BCUT2D eigenvalue weighted by atomic mass is 32.2. The van der Waals surface area contributed by atoms with Crippen molar-refractivity contribution in [3.05, 3.63) is 29.8 Å². The zero-order valence-corrected chi connectivity index (χ0v) is 15.2. The Hall–Kier alpha value is -1.64. The third-order valence-corrected chi connectivity index (χ3v) is 5.05. The fourth-order valence-electron chi connectivity index (χ4n) is 1.82. The molecule has 130 valence electrons. The summed E-state index contributed by atoms with van der Waals surface area (Å²) >= 11 is 0. The van der Waals surface area contributed by atoms with Crippen LogP contribution in [0.25, 0.3) is 0 Å². The first-order valence-corrected chi connectivity index (χ1v) is 8.72. The third-order valence-electron chi connectivity index (χ3n) is 3.23. The van der Waals surface area contributed by atoms with E-state index in [0.717, 1.165) is 14.2 Å². The summed E-state index contributed by atoms with van der Waals surface area (Å²) < 4.78 is 27.2.